The molecule has 0 spiro atoms. The number of nitrogens with zero attached hydrogens (tertiary/aromatic N) is 3. The van der Waals surface area contributed by atoms with Crippen LogP contribution >= 0.6 is 0 Å². The van der Waals surface area contributed by atoms with Crippen molar-refractivity contribution in [2.75, 3.05) is 12.8 Å². The fourth-order valence-corrected chi connectivity index (χ4v) is 6.54. The summed E-state index contributed by atoms with van der Waals surface area (Å²) in [5.41, 5.74) is 0.592. The number of nitrogens with one attached hydrogen (secondary N) is 1. The van der Waals surface area contributed by atoms with Gasteiger partial charge >= 0.3 is 6.09 Å². The lowest BCUT2D eigenvalue weighted by Gasteiger charge is -2.39. The molecule has 0 unspecified atom stereocenters. The Morgan fingerprint density at radius 3 is 2.42 bits per heavy atom. The lowest BCUT2D eigenvalue weighted by Crippen LogP contribution is -2.59. The summed E-state index contributed by atoms with van der Waals surface area (Å²) in [6.45, 7) is 5.85. The molecule has 2 aliphatic rings. The molecule has 2 fully saturated rings. The first-order valence-corrected chi connectivity index (χ1v) is 15.2. The summed E-state index contributed by atoms with van der Waals surface area (Å²) in [7, 11) is -3.58. The van der Waals surface area contributed by atoms with E-state index in [0.29, 0.717) is 24.9 Å². The van der Waals surface area contributed by atoms with Crippen molar-refractivity contribution < 1.29 is 22.7 Å². The van der Waals surface area contributed by atoms with Gasteiger partial charge in [0.1, 0.15) is 23.3 Å². The van der Waals surface area contributed by atoms with Crippen LogP contribution in [0.1, 0.15) is 57.6 Å². The summed E-state index contributed by atoms with van der Waals surface area (Å²) in [5, 5.41) is 22.0. The molecule has 0 aromatic heterocycles. The summed E-state index contributed by atoms with van der Waals surface area (Å²) >= 11 is 0. The summed E-state index contributed by atoms with van der Waals surface area (Å²) in [5.74, 6) is -0.0971. The molecule has 4 rings (SSSR count). The second-order valence-electron chi connectivity index (χ2n) is 11.7. The molecular weight excluding hydrogens is 528 g/mol. The van der Waals surface area contributed by atoms with Crippen LogP contribution in [-0.4, -0.2) is 55.3 Å². The van der Waals surface area contributed by atoms with Crippen molar-refractivity contribution in [3.63, 3.8) is 0 Å². The van der Waals surface area contributed by atoms with Crippen LogP contribution in [0.2, 0.25) is 0 Å². The van der Waals surface area contributed by atoms with Gasteiger partial charge < -0.3 is 10.1 Å². The standard InChI is InChI=1S/C30H34N4O5S/c1-29(2,3)39-28(36)34-19-21-6-5-13-30(34,16-21)27(35)33-25(18-32)14-20-7-9-22(10-8-20)23-11-12-24(17-31)26(15-23)40(4,37)38/h7-12,15,21,25H,5-6,13-14,16,19H2,1-4H3,(H,33,35)/t21-,25+,30+/m1/s1. The van der Waals surface area contributed by atoms with Crippen molar-refractivity contribution >= 4 is 21.8 Å². The lowest BCUT2D eigenvalue weighted by atomic mass is 9.79. The Balaban J connectivity index is 1.49. The van der Waals surface area contributed by atoms with Gasteiger partial charge in [-0.1, -0.05) is 36.8 Å². The van der Waals surface area contributed by atoms with E-state index in [4.69, 9.17) is 4.74 Å². The van der Waals surface area contributed by atoms with E-state index in [9.17, 15) is 28.5 Å². The molecule has 1 saturated carbocycles. The first-order valence-electron chi connectivity index (χ1n) is 13.3. The molecule has 210 valence electrons. The Morgan fingerprint density at radius 1 is 1.15 bits per heavy atom. The Hall–Kier alpha value is -3.89. The number of sulfone groups is 1. The zero-order chi connectivity index (χ0) is 29.3. The molecule has 0 radical (unpaired) electrons. The van der Waals surface area contributed by atoms with Crippen LogP contribution in [0.15, 0.2) is 47.4 Å². The van der Waals surface area contributed by atoms with Crippen LogP contribution in [0.4, 0.5) is 4.79 Å². The highest BCUT2D eigenvalue weighted by atomic mass is 32.2. The third-order valence-corrected chi connectivity index (χ3v) is 8.65. The fraction of sp³-hybridized carbons (Fsp3) is 0.467. The number of nitriles is 2. The molecule has 1 aliphatic carbocycles. The number of carbonyl (C=O) groups excluding carboxylic acids is 2. The number of hydrogen-bond donors (Lipinski definition) is 1. The van der Waals surface area contributed by atoms with E-state index in [1.165, 1.54) is 12.1 Å². The number of carbonyl (C=O) groups is 2. The highest BCUT2D eigenvalue weighted by molar-refractivity contribution is 7.90. The van der Waals surface area contributed by atoms with Crippen LogP contribution in [0, 0.1) is 28.6 Å². The van der Waals surface area contributed by atoms with E-state index >= 15 is 0 Å². The predicted octanol–water partition coefficient (Wildman–Crippen LogP) is 4.36. The molecular formula is C30H34N4O5S. The number of likely N-dealkylation sites (tertiary alicyclic amines) is 1. The van der Waals surface area contributed by atoms with Crippen LogP contribution in [-0.2, 0) is 25.8 Å². The number of amides is 2. The minimum Gasteiger partial charge on any atom is -0.444 e. The van der Waals surface area contributed by atoms with Crippen LogP contribution in [0.25, 0.3) is 11.1 Å². The zero-order valence-electron chi connectivity index (χ0n) is 23.2. The SMILES string of the molecule is CC(C)(C)OC(=O)N1C[C@@H]2CCC[C@@]1(C(=O)N[C@H](C#N)Cc1ccc(-c3ccc(C#N)c(S(C)(=O)=O)c3)cc1)C2. The van der Waals surface area contributed by atoms with Crippen LogP contribution in [0.3, 0.4) is 0 Å². The molecule has 2 aromatic carbocycles. The Kier molecular flexibility index (Phi) is 7.96. The van der Waals surface area contributed by atoms with Gasteiger partial charge in [0.15, 0.2) is 9.84 Å². The lowest BCUT2D eigenvalue weighted by molar-refractivity contribution is -0.133. The smallest absolute Gasteiger partial charge is 0.411 e. The zero-order valence-corrected chi connectivity index (χ0v) is 24.0. The van der Waals surface area contributed by atoms with Gasteiger partial charge in [0.25, 0.3) is 0 Å². The van der Waals surface area contributed by atoms with Crippen molar-refractivity contribution in [1.82, 2.24) is 10.2 Å². The molecule has 1 aliphatic heterocycles. The van der Waals surface area contributed by atoms with Crippen molar-refractivity contribution in [3.8, 4) is 23.3 Å². The number of fused-ring (bicyclic) bond motifs is 2. The maximum Gasteiger partial charge on any atom is 0.411 e. The van der Waals surface area contributed by atoms with Crippen molar-refractivity contribution in [3.05, 3.63) is 53.6 Å². The van der Waals surface area contributed by atoms with E-state index in [0.717, 1.165) is 30.2 Å². The van der Waals surface area contributed by atoms with Gasteiger partial charge in [-0.2, -0.15) is 10.5 Å². The Morgan fingerprint density at radius 2 is 1.82 bits per heavy atom. The van der Waals surface area contributed by atoms with Gasteiger partial charge in [0.2, 0.25) is 5.91 Å². The number of ether oxygens (including phenoxy) is 1. The Labute approximate surface area is 235 Å². The monoisotopic (exact) mass is 562 g/mol. The summed E-state index contributed by atoms with van der Waals surface area (Å²) in [6, 6.07) is 15.2. The highest BCUT2D eigenvalue weighted by Gasteiger charge is 2.56. The number of rotatable bonds is 6. The molecule has 2 bridgehead atoms. The highest BCUT2D eigenvalue weighted by Crippen LogP contribution is 2.45. The third-order valence-electron chi connectivity index (χ3n) is 7.51. The molecule has 2 aromatic rings. The second kappa shape index (κ2) is 10.9. The molecule has 1 saturated heterocycles. The van der Waals surface area contributed by atoms with E-state index in [1.807, 2.05) is 30.3 Å². The number of benzene rings is 2. The molecule has 3 atom stereocenters. The molecule has 1 heterocycles. The average Bonchev–Trinajstić information content (AvgIpc) is 3.17. The normalized spacial score (nSPS) is 21.1. The Bertz CT molecular complexity index is 1500. The molecule has 10 heteroatoms. The summed E-state index contributed by atoms with van der Waals surface area (Å²) in [4.78, 5) is 28.2. The van der Waals surface area contributed by atoms with Gasteiger partial charge in [0.05, 0.1) is 16.5 Å². The van der Waals surface area contributed by atoms with Gasteiger partial charge in [-0.05, 0) is 74.8 Å². The third kappa shape index (κ3) is 6.13. The maximum absolute atomic E-state index is 13.6. The minimum atomic E-state index is -3.58. The van der Waals surface area contributed by atoms with E-state index < -0.39 is 33.1 Å². The molecule has 40 heavy (non-hydrogen) atoms. The van der Waals surface area contributed by atoms with Crippen LogP contribution < -0.4 is 5.32 Å². The van der Waals surface area contributed by atoms with Crippen molar-refractivity contribution in [2.24, 2.45) is 5.92 Å². The fourth-order valence-electron chi connectivity index (χ4n) is 5.69. The molecule has 1 N–H and O–H groups in total. The minimum absolute atomic E-state index is 0.0273. The predicted molar refractivity (Wildman–Crippen MR) is 149 cm³/mol. The van der Waals surface area contributed by atoms with E-state index in [-0.39, 0.29) is 28.7 Å². The van der Waals surface area contributed by atoms with Crippen molar-refractivity contribution in [1.29, 1.82) is 10.5 Å². The van der Waals surface area contributed by atoms with E-state index in [2.05, 4.69) is 11.4 Å². The van der Waals surface area contributed by atoms with E-state index in [1.54, 1.807) is 31.7 Å². The van der Waals surface area contributed by atoms with Crippen LogP contribution in [0.5, 0.6) is 0 Å². The quantitative estimate of drug-likeness (QED) is 0.552. The van der Waals surface area contributed by atoms with Crippen molar-refractivity contribution in [2.45, 2.75) is 75.0 Å². The topological polar surface area (TPSA) is 140 Å². The second-order valence-corrected chi connectivity index (χ2v) is 13.7. The van der Waals surface area contributed by atoms with Gasteiger partial charge in [-0.25, -0.2) is 13.2 Å². The van der Waals surface area contributed by atoms with Gasteiger partial charge in [-0.3, -0.25) is 9.69 Å². The largest absolute Gasteiger partial charge is 0.444 e. The number of hydrogen-bond acceptors (Lipinski definition) is 7. The average molecular weight is 563 g/mol. The summed E-state index contributed by atoms with van der Waals surface area (Å²) < 4.78 is 29.9. The molecule has 2 amide bonds. The first kappa shape index (κ1) is 29.1. The summed E-state index contributed by atoms with van der Waals surface area (Å²) in [6.07, 6.45) is 3.69. The first-order chi connectivity index (χ1) is 18.8. The van der Waals surface area contributed by atoms with Gasteiger partial charge in [-0.15, -0.1) is 0 Å². The maximum atomic E-state index is 13.6. The van der Waals surface area contributed by atoms with Gasteiger partial charge in [0, 0.05) is 19.2 Å². The molecule has 9 nitrogen and oxygen atoms in total.